The van der Waals surface area contributed by atoms with Crippen LogP contribution in [0.25, 0.3) is 10.9 Å². The van der Waals surface area contributed by atoms with Crippen LogP contribution in [-0.2, 0) is 17.6 Å². The first-order valence-electron chi connectivity index (χ1n) is 8.72. The van der Waals surface area contributed by atoms with Crippen molar-refractivity contribution in [1.29, 1.82) is 0 Å². The van der Waals surface area contributed by atoms with Gasteiger partial charge in [0.05, 0.1) is 19.2 Å². The summed E-state index contributed by atoms with van der Waals surface area (Å²) >= 11 is 0. The van der Waals surface area contributed by atoms with Gasteiger partial charge in [-0.15, -0.1) is 0 Å². The number of benzene rings is 1. The van der Waals surface area contributed by atoms with Crippen LogP contribution in [-0.4, -0.2) is 38.2 Å². The number of pyridine rings is 1. The minimum Gasteiger partial charge on any atom is -0.493 e. The van der Waals surface area contributed by atoms with E-state index in [2.05, 4.69) is 10.6 Å². The monoisotopic (exact) mass is 343 g/mol. The van der Waals surface area contributed by atoms with Gasteiger partial charge in [-0.25, -0.2) is 0 Å². The van der Waals surface area contributed by atoms with E-state index in [0.29, 0.717) is 24.7 Å². The van der Waals surface area contributed by atoms with Crippen LogP contribution in [0.4, 0.5) is 5.69 Å². The third-order valence-electron chi connectivity index (χ3n) is 4.50. The molecule has 25 heavy (non-hydrogen) atoms. The van der Waals surface area contributed by atoms with E-state index >= 15 is 0 Å². The minimum atomic E-state index is -0.0269. The van der Waals surface area contributed by atoms with Gasteiger partial charge in [0.15, 0.2) is 11.5 Å². The standard InChI is InChI=1S/C19H25N3O3/c1-12(23)21-8-5-9-25-18-11-16-14(10-17(18)24-3)19(20-2)13-6-4-7-15(13)22-16/h10-11H,4-9H2,1-3H3,(H,20,22)(H,21,23). The maximum absolute atomic E-state index is 10.9. The van der Waals surface area contributed by atoms with Crippen molar-refractivity contribution in [3.63, 3.8) is 0 Å². The van der Waals surface area contributed by atoms with Crippen LogP contribution in [0.2, 0.25) is 0 Å². The molecule has 2 aromatic rings. The van der Waals surface area contributed by atoms with Crippen molar-refractivity contribution in [1.82, 2.24) is 10.3 Å². The van der Waals surface area contributed by atoms with Gasteiger partial charge in [0.2, 0.25) is 5.91 Å². The molecule has 1 amide bonds. The van der Waals surface area contributed by atoms with Crippen molar-refractivity contribution in [2.75, 3.05) is 32.6 Å². The molecule has 0 spiro atoms. The summed E-state index contributed by atoms with van der Waals surface area (Å²) in [6.07, 6.45) is 3.98. The lowest BCUT2D eigenvalue weighted by Crippen LogP contribution is -2.22. The topological polar surface area (TPSA) is 72.5 Å². The number of hydrogen-bond acceptors (Lipinski definition) is 5. The Hall–Kier alpha value is -2.50. The fraction of sp³-hybridized carbons (Fsp3) is 0.474. The molecule has 6 heteroatoms. The van der Waals surface area contributed by atoms with Crippen LogP contribution in [0, 0.1) is 0 Å². The van der Waals surface area contributed by atoms with Crippen LogP contribution in [0.5, 0.6) is 11.5 Å². The minimum absolute atomic E-state index is 0.0269. The Kier molecular flexibility index (Phi) is 5.26. The van der Waals surface area contributed by atoms with Gasteiger partial charge in [0.1, 0.15) is 0 Å². The average Bonchev–Trinajstić information content (AvgIpc) is 3.06. The molecule has 0 radical (unpaired) electrons. The third-order valence-corrected chi connectivity index (χ3v) is 4.50. The summed E-state index contributed by atoms with van der Waals surface area (Å²) in [5.74, 6) is 1.36. The molecule has 2 N–H and O–H groups in total. The molecule has 6 nitrogen and oxygen atoms in total. The SMILES string of the molecule is CNc1c2c(nc3cc(OCCCNC(C)=O)c(OC)cc13)CCC2. The fourth-order valence-electron chi connectivity index (χ4n) is 3.35. The Labute approximate surface area is 147 Å². The number of methoxy groups -OCH3 is 1. The number of rotatable bonds is 7. The van der Waals surface area contributed by atoms with Crippen LogP contribution >= 0.6 is 0 Å². The first-order valence-corrected chi connectivity index (χ1v) is 8.72. The molecule has 3 rings (SSSR count). The van der Waals surface area contributed by atoms with E-state index in [-0.39, 0.29) is 5.91 Å². The van der Waals surface area contributed by atoms with E-state index < -0.39 is 0 Å². The molecule has 0 aliphatic heterocycles. The summed E-state index contributed by atoms with van der Waals surface area (Å²) < 4.78 is 11.4. The third kappa shape index (κ3) is 3.62. The second-order valence-corrected chi connectivity index (χ2v) is 6.22. The molecule has 1 heterocycles. The van der Waals surface area contributed by atoms with Crippen molar-refractivity contribution >= 4 is 22.5 Å². The van der Waals surface area contributed by atoms with Gasteiger partial charge in [-0.1, -0.05) is 0 Å². The quantitative estimate of drug-likeness (QED) is 0.756. The second-order valence-electron chi connectivity index (χ2n) is 6.22. The van der Waals surface area contributed by atoms with Crippen LogP contribution < -0.4 is 20.1 Å². The number of nitrogens with one attached hydrogen (secondary N) is 2. The summed E-state index contributed by atoms with van der Waals surface area (Å²) in [6, 6.07) is 3.95. The highest BCUT2D eigenvalue weighted by molar-refractivity contribution is 5.95. The van der Waals surface area contributed by atoms with Gasteiger partial charge in [-0.2, -0.15) is 0 Å². The highest BCUT2D eigenvalue weighted by atomic mass is 16.5. The predicted octanol–water partition coefficient (Wildman–Crippen LogP) is 2.68. The highest BCUT2D eigenvalue weighted by Gasteiger charge is 2.20. The smallest absolute Gasteiger partial charge is 0.216 e. The molecule has 1 aliphatic rings. The van der Waals surface area contributed by atoms with Crippen molar-refractivity contribution < 1.29 is 14.3 Å². The Morgan fingerprint density at radius 2 is 2.12 bits per heavy atom. The Bertz CT molecular complexity index is 789. The van der Waals surface area contributed by atoms with Gasteiger partial charge >= 0.3 is 0 Å². The lowest BCUT2D eigenvalue weighted by atomic mass is 10.1. The Morgan fingerprint density at radius 1 is 1.28 bits per heavy atom. The van der Waals surface area contributed by atoms with E-state index in [4.69, 9.17) is 14.5 Å². The Balaban J connectivity index is 1.86. The van der Waals surface area contributed by atoms with Crippen LogP contribution in [0.1, 0.15) is 31.0 Å². The van der Waals surface area contributed by atoms with Crippen molar-refractivity contribution in [2.45, 2.75) is 32.6 Å². The van der Waals surface area contributed by atoms with Crippen molar-refractivity contribution in [3.8, 4) is 11.5 Å². The summed E-state index contributed by atoms with van der Waals surface area (Å²) in [4.78, 5) is 15.7. The van der Waals surface area contributed by atoms with Crippen molar-refractivity contribution in [2.24, 2.45) is 0 Å². The normalized spacial score (nSPS) is 12.8. The molecule has 1 aromatic heterocycles. The zero-order valence-electron chi connectivity index (χ0n) is 15.1. The average molecular weight is 343 g/mol. The van der Waals surface area contributed by atoms with E-state index in [1.54, 1.807) is 7.11 Å². The first-order chi connectivity index (χ1) is 12.1. The van der Waals surface area contributed by atoms with E-state index in [0.717, 1.165) is 42.3 Å². The summed E-state index contributed by atoms with van der Waals surface area (Å²) in [5, 5.41) is 7.16. The molecule has 0 atom stereocenters. The molecule has 0 bridgehead atoms. The lowest BCUT2D eigenvalue weighted by Gasteiger charge is -2.16. The molecule has 0 saturated carbocycles. The number of ether oxygens (including phenoxy) is 2. The summed E-state index contributed by atoms with van der Waals surface area (Å²) in [6.45, 7) is 2.61. The predicted molar refractivity (Wildman–Crippen MR) is 98.7 cm³/mol. The number of amides is 1. The number of nitrogens with zero attached hydrogens (tertiary/aromatic N) is 1. The fourth-order valence-corrected chi connectivity index (χ4v) is 3.35. The number of fused-ring (bicyclic) bond motifs is 2. The number of hydrogen-bond donors (Lipinski definition) is 2. The molecule has 1 aliphatic carbocycles. The van der Waals surface area contributed by atoms with E-state index in [9.17, 15) is 4.79 Å². The van der Waals surface area contributed by atoms with E-state index in [1.165, 1.54) is 18.2 Å². The molecule has 0 saturated heterocycles. The van der Waals surface area contributed by atoms with Gasteiger partial charge in [-0.05, 0) is 37.3 Å². The lowest BCUT2D eigenvalue weighted by molar-refractivity contribution is -0.118. The summed E-state index contributed by atoms with van der Waals surface area (Å²) in [7, 11) is 3.59. The zero-order chi connectivity index (χ0) is 17.8. The van der Waals surface area contributed by atoms with Gasteiger partial charge < -0.3 is 20.1 Å². The van der Waals surface area contributed by atoms with Crippen molar-refractivity contribution in [3.05, 3.63) is 23.4 Å². The number of aryl methyl sites for hydroxylation is 1. The number of carbonyl (C=O) groups is 1. The van der Waals surface area contributed by atoms with Gasteiger partial charge in [0, 0.05) is 43.4 Å². The van der Waals surface area contributed by atoms with Crippen LogP contribution in [0.15, 0.2) is 12.1 Å². The first kappa shape index (κ1) is 17.3. The highest BCUT2D eigenvalue weighted by Crippen LogP contribution is 2.39. The van der Waals surface area contributed by atoms with Gasteiger partial charge in [0.25, 0.3) is 0 Å². The largest absolute Gasteiger partial charge is 0.493 e. The number of carbonyl (C=O) groups excluding carboxylic acids is 1. The molecule has 0 fully saturated rings. The molecular formula is C19H25N3O3. The summed E-state index contributed by atoms with van der Waals surface area (Å²) in [5.41, 5.74) is 4.57. The van der Waals surface area contributed by atoms with E-state index in [1.807, 2.05) is 19.2 Å². The number of aromatic nitrogens is 1. The molecule has 134 valence electrons. The van der Waals surface area contributed by atoms with Crippen LogP contribution in [0.3, 0.4) is 0 Å². The molecular weight excluding hydrogens is 318 g/mol. The Morgan fingerprint density at radius 3 is 2.84 bits per heavy atom. The maximum Gasteiger partial charge on any atom is 0.216 e. The zero-order valence-corrected chi connectivity index (χ0v) is 15.1. The number of anilines is 1. The van der Waals surface area contributed by atoms with Gasteiger partial charge in [-0.3, -0.25) is 9.78 Å². The molecule has 1 aromatic carbocycles. The molecule has 0 unspecified atom stereocenters. The second kappa shape index (κ2) is 7.59. The maximum atomic E-state index is 10.9.